The molecule has 198 valence electrons. The third-order valence-electron chi connectivity index (χ3n) is 5.99. The molecule has 9 heteroatoms. The average molecular weight is 518 g/mol. The van der Waals surface area contributed by atoms with E-state index in [-0.39, 0.29) is 18.4 Å². The van der Waals surface area contributed by atoms with Gasteiger partial charge in [-0.2, -0.15) is 0 Å². The minimum Gasteiger partial charge on any atom is -0.497 e. The number of carbonyl (C=O) groups excluding carboxylic acids is 2. The number of methoxy groups -OCH3 is 1. The third-order valence-corrected chi connectivity index (χ3v) is 7.12. The van der Waals surface area contributed by atoms with Crippen molar-refractivity contribution in [3.8, 4) is 5.75 Å². The monoisotopic (exact) mass is 517 g/mol. The number of amides is 2. The number of carbonyl (C=O) groups is 2. The molecular formula is C27H39N3O5S. The molecule has 0 aromatic heterocycles. The number of para-hydroxylation sites is 1. The van der Waals surface area contributed by atoms with Crippen molar-refractivity contribution in [1.29, 1.82) is 0 Å². The van der Waals surface area contributed by atoms with Crippen molar-refractivity contribution in [2.75, 3.05) is 30.8 Å². The zero-order valence-corrected chi connectivity index (χ0v) is 23.0. The highest BCUT2D eigenvalue weighted by Crippen LogP contribution is 2.29. The fourth-order valence-corrected chi connectivity index (χ4v) is 4.75. The van der Waals surface area contributed by atoms with Gasteiger partial charge in [0.05, 0.1) is 19.1 Å². The molecule has 2 aromatic rings. The molecule has 8 nitrogen and oxygen atoms in total. The van der Waals surface area contributed by atoms with E-state index in [1.54, 1.807) is 38.3 Å². The summed E-state index contributed by atoms with van der Waals surface area (Å²) in [7, 11) is -2.23. The van der Waals surface area contributed by atoms with Crippen LogP contribution in [0.2, 0.25) is 0 Å². The van der Waals surface area contributed by atoms with Crippen LogP contribution in [0.5, 0.6) is 5.75 Å². The number of nitrogens with zero attached hydrogens (tertiary/aromatic N) is 2. The Labute approximate surface area is 215 Å². The highest BCUT2D eigenvalue weighted by Gasteiger charge is 2.31. The molecule has 0 saturated carbocycles. The first-order valence-corrected chi connectivity index (χ1v) is 14.1. The predicted octanol–water partition coefficient (Wildman–Crippen LogP) is 3.92. The SMILES string of the molecule is CCCCNC(=O)C(C)N(Cc1cccc(OC)c1)C(=O)CN(c1ccccc1C(C)C)S(C)(=O)=O. The number of nitrogens with one attached hydrogen (secondary N) is 1. The molecule has 2 aromatic carbocycles. The molecule has 0 aliphatic heterocycles. The molecule has 0 heterocycles. The molecule has 2 amide bonds. The summed E-state index contributed by atoms with van der Waals surface area (Å²) in [5.41, 5.74) is 2.05. The van der Waals surface area contributed by atoms with Gasteiger partial charge in [-0.05, 0) is 48.6 Å². The van der Waals surface area contributed by atoms with Crippen molar-refractivity contribution in [2.24, 2.45) is 0 Å². The molecular weight excluding hydrogens is 478 g/mol. The van der Waals surface area contributed by atoms with Gasteiger partial charge in [-0.3, -0.25) is 13.9 Å². The molecule has 0 fully saturated rings. The van der Waals surface area contributed by atoms with Gasteiger partial charge in [-0.25, -0.2) is 8.42 Å². The van der Waals surface area contributed by atoms with Crippen LogP contribution in [0.25, 0.3) is 0 Å². The number of sulfonamides is 1. The second-order valence-corrected chi connectivity index (χ2v) is 11.1. The molecule has 0 aliphatic carbocycles. The van der Waals surface area contributed by atoms with Crippen LogP contribution in [0.4, 0.5) is 5.69 Å². The average Bonchev–Trinajstić information content (AvgIpc) is 2.84. The minimum atomic E-state index is -3.78. The number of anilines is 1. The Morgan fingerprint density at radius 3 is 2.36 bits per heavy atom. The van der Waals surface area contributed by atoms with Gasteiger partial charge in [0, 0.05) is 13.1 Å². The van der Waals surface area contributed by atoms with Crippen molar-refractivity contribution in [3.63, 3.8) is 0 Å². The number of rotatable bonds is 13. The van der Waals surface area contributed by atoms with E-state index in [4.69, 9.17) is 4.74 Å². The Kier molecular flexibility index (Phi) is 10.8. The van der Waals surface area contributed by atoms with E-state index in [1.165, 1.54) is 4.90 Å². The summed E-state index contributed by atoms with van der Waals surface area (Å²) in [4.78, 5) is 28.0. The molecule has 0 radical (unpaired) electrons. The van der Waals surface area contributed by atoms with Gasteiger partial charge in [-0.15, -0.1) is 0 Å². The second-order valence-electron chi connectivity index (χ2n) is 9.18. The Bertz CT molecular complexity index is 1130. The van der Waals surface area contributed by atoms with Gasteiger partial charge in [0.25, 0.3) is 0 Å². The summed E-state index contributed by atoms with van der Waals surface area (Å²) in [5.74, 6) is -0.0755. The molecule has 0 bridgehead atoms. The minimum absolute atomic E-state index is 0.0525. The zero-order valence-electron chi connectivity index (χ0n) is 22.2. The highest BCUT2D eigenvalue weighted by atomic mass is 32.2. The van der Waals surface area contributed by atoms with Crippen molar-refractivity contribution in [1.82, 2.24) is 10.2 Å². The normalized spacial score (nSPS) is 12.2. The van der Waals surface area contributed by atoms with E-state index in [2.05, 4.69) is 5.32 Å². The van der Waals surface area contributed by atoms with Gasteiger partial charge in [0.15, 0.2) is 0 Å². The lowest BCUT2D eigenvalue weighted by atomic mass is 10.0. The van der Waals surface area contributed by atoms with Crippen LogP contribution in [0.3, 0.4) is 0 Å². The Morgan fingerprint density at radius 2 is 1.75 bits per heavy atom. The topological polar surface area (TPSA) is 96.0 Å². The summed E-state index contributed by atoms with van der Waals surface area (Å²) in [6.07, 6.45) is 2.85. The fraction of sp³-hybridized carbons (Fsp3) is 0.481. The highest BCUT2D eigenvalue weighted by molar-refractivity contribution is 7.92. The van der Waals surface area contributed by atoms with E-state index < -0.39 is 28.5 Å². The summed E-state index contributed by atoms with van der Waals surface area (Å²) in [6.45, 7) is 7.85. The first-order valence-electron chi connectivity index (χ1n) is 12.3. The molecule has 1 N–H and O–H groups in total. The zero-order chi connectivity index (χ0) is 26.9. The molecule has 36 heavy (non-hydrogen) atoms. The maximum atomic E-state index is 13.7. The van der Waals surface area contributed by atoms with Crippen molar-refractivity contribution < 1.29 is 22.7 Å². The van der Waals surface area contributed by atoms with Gasteiger partial charge >= 0.3 is 0 Å². The van der Waals surface area contributed by atoms with Crippen molar-refractivity contribution >= 4 is 27.5 Å². The molecule has 0 spiro atoms. The predicted molar refractivity (Wildman–Crippen MR) is 144 cm³/mol. The van der Waals surface area contributed by atoms with Gasteiger partial charge < -0.3 is 15.0 Å². The van der Waals surface area contributed by atoms with Gasteiger partial charge in [0.1, 0.15) is 18.3 Å². The number of hydrogen-bond acceptors (Lipinski definition) is 5. The molecule has 2 rings (SSSR count). The second kappa shape index (κ2) is 13.3. The molecule has 1 unspecified atom stereocenters. The quantitative estimate of drug-likeness (QED) is 0.406. The summed E-state index contributed by atoms with van der Waals surface area (Å²) in [6, 6.07) is 13.6. The smallest absolute Gasteiger partial charge is 0.244 e. The van der Waals surface area contributed by atoms with Crippen LogP contribution in [-0.2, 0) is 26.2 Å². The van der Waals surface area contributed by atoms with E-state index in [0.717, 1.165) is 34.5 Å². The lowest BCUT2D eigenvalue weighted by Crippen LogP contribution is -2.51. The first-order chi connectivity index (χ1) is 17.0. The van der Waals surface area contributed by atoms with Gasteiger partial charge in [-0.1, -0.05) is 57.5 Å². The number of hydrogen-bond donors (Lipinski definition) is 1. The molecule has 1 atom stereocenters. The van der Waals surface area contributed by atoms with E-state index in [0.29, 0.717) is 18.0 Å². The van der Waals surface area contributed by atoms with Crippen LogP contribution in [0.15, 0.2) is 48.5 Å². The van der Waals surface area contributed by atoms with Crippen LogP contribution in [-0.4, -0.2) is 57.6 Å². The van der Waals surface area contributed by atoms with Crippen LogP contribution >= 0.6 is 0 Å². The largest absolute Gasteiger partial charge is 0.497 e. The molecule has 0 saturated heterocycles. The van der Waals surface area contributed by atoms with E-state index in [9.17, 15) is 18.0 Å². The maximum absolute atomic E-state index is 13.7. The summed E-state index contributed by atoms with van der Waals surface area (Å²) >= 11 is 0. The van der Waals surface area contributed by atoms with E-state index >= 15 is 0 Å². The fourth-order valence-electron chi connectivity index (χ4n) is 3.88. The lowest BCUT2D eigenvalue weighted by Gasteiger charge is -2.32. The maximum Gasteiger partial charge on any atom is 0.244 e. The molecule has 0 aliphatic rings. The van der Waals surface area contributed by atoms with Crippen LogP contribution in [0, 0.1) is 0 Å². The Balaban J connectivity index is 2.43. The summed E-state index contributed by atoms with van der Waals surface area (Å²) in [5, 5.41) is 2.88. The van der Waals surface area contributed by atoms with E-state index in [1.807, 2.05) is 45.0 Å². The van der Waals surface area contributed by atoms with Crippen molar-refractivity contribution in [3.05, 3.63) is 59.7 Å². The Hall–Kier alpha value is -3.07. The summed E-state index contributed by atoms with van der Waals surface area (Å²) < 4.78 is 32.1. The van der Waals surface area contributed by atoms with Gasteiger partial charge in [0.2, 0.25) is 21.8 Å². The van der Waals surface area contributed by atoms with Crippen molar-refractivity contribution in [2.45, 2.75) is 59.0 Å². The standard InChI is InChI=1S/C27H39N3O5S/c1-7-8-16-28-27(32)21(4)29(18-22-12-11-13-23(17-22)35-5)26(31)19-30(36(6,33)34)25-15-10-9-14-24(25)20(2)3/h9-15,17,20-21H,7-8,16,18-19H2,1-6H3,(H,28,32). The number of ether oxygens (including phenoxy) is 1. The van der Waals surface area contributed by atoms with Crippen LogP contribution in [0.1, 0.15) is 57.6 Å². The third kappa shape index (κ3) is 7.98. The number of benzene rings is 2. The lowest BCUT2D eigenvalue weighted by molar-refractivity contribution is -0.139. The van der Waals surface area contributed by atoms with Crippen LogP contribution < -0.4 is 14.4 Å². The Morgan fingerprint density at radius 1 is 1.06 bits per heavy atom. The first kappa shape index (κ1) is 29.2. The number of unbranched alkanes of at least 4 members (excludes halogenated alkanes) is 1.